The Bertz CT molecular complexity index is 676. The molecule has 124 valence electrons. The molecule has 0 amide bonds. The highest BCUT2D eigenvalue weighted by molar-refractivity contribution is 7.80. The Morgan fingerprint density at radius 3 is 2.64 bits per heavy atom. The van der Waals surface area contributed by atoms with Crippen molar-refractivity contribution >= 4 is 22.3 Å². The van der Waals surface area contributed by atoms with Gasteiger partial charge in [0.1, 0.15) is 6.04 Å². The minimum Gasteiger partial charge on any atom is -0.370 e. The second kappa shape index (κ2) is 4.20. The molecule has 3 heterocycles. The van der Waals surface area contributed by atoms with Crippen LogP contribution in [0.15, 0.2) is 9.98 Å². The molecule has 3 aliphatic rings. The van der Waals surface area contributed by atoms with Crippen molar-refractivity contribution in [1.29, 1.82) is 0 Å². The van der Waals surface area contributed by atoms with Crippen molar-refractivity contribution in [2.24, 2.45) is 21.5 Å². The molecule has 0 aromatic carbocycles. The van der Waals surface area contributed by atoms with Crippen molar-refractivity contribution in [3.63, 3.8) is 0 Å². The van der Waals surface area contributed by atoms with E-state index < -0.39 is 40.0 Å². The minimum atomic E-state index is -4.92. The Morgan fingerprint density at radius 2 is 2.05 bits per heavy atom. The number of hydrogen-bond donors (Lipinski definition) is 6. The van der Waals surface area contributed by atoms with Crippen LogP contribution in [0.1, 0.15) is 6.92 Å². The Kier molecular flexibility index (Phi) is 2.91. The molecule has 0 saturated carbocycles. The van der Waals surface area contributed by atoms with E-state index in [1.165, 1.54) is 4.90 Å². The lowest BCUT2D eigenvalue weighted by molar-refractivity contribution is -0.252. The first-order valence-electron chi connectivity index (χ1n) is 6.32. The molecule has 3 rings (SSSR count). The maximum absolute atomic E-state index is 10.9. The fourth-order valence-corrected chi connectivity index (χ4v) is 3.78. The average molecular weight is 336 g/mol. The van der Waals surface area contributed by atoms with Crippen LogP contribution in [0.4, 0.5) is 0 Å². The summed E-state index contributed by atoms with van der Waals surface area (Å²) in [5.41, 5.74) is 9.71. The number of aliphatic hydroxyl groups is 2. The van der Waals surface area contributed by atoms with E-state index in [2.05, 4.69) is 19.5 Å². The van der Waals surface area contributed by atoms with E-state index in [-0.39, 0.29) is 18.5 Å². The summed E-state index contributed by atoms with van der Waals surface area (Å²) in [7, 11) is -4.92. The Balaban J connectivity index is 2.10. The zero-order valence-corrected chi connectivity index (χ0v) is 12.2. The van der Waals surface area contributed by atoms with Crippen LogP contribution in [0.5, 0.6) is 0 Å². The van der Waals surface area contributed by atoms with Crippen LogP contribution in [0, 0.1) is 0 Å². The zero-order chi connectivity index (χ0) is 16.5. The van der Waals surface area contributed by atoms with Gasteiger partial charge in [0.05, 0.1) is 12.6 Å². The van der Waals surface area contributed by atoms with Crippen molar-refractivity contribution < 1.29 is 27.4 Å². The van der Waals surface area contributed by atoms with Gasteiger partial charge in [0.15, 0.2) is 23.7 Å². The molecular weight excluding hydrogens is 320 g/mol. The highest BCUT2D eigenvalue weighted by Crippen LogP contribution is 2.45. The summed E-state index contributed by atoms with van der Waals surface area (Å²) in [5, 5.41) is 23.7. The summed E-state index contributed by atoms with van der Waals surface area (Å²) in [6.45, 7) is 1.29. The molecule has 12 nitrogen and oxygen atoms in total. The number of nitrogens with zero attached hydrogens (tertiary/aromatic N) is 3. The number of rotatable bonds is 2. The van der Waals surface area contributed by atoms with Crippen LogP contribution in [0.25, 0.3) is 0 Å². The summed E-state index contributed by atoms with van der Waals surface area (Å²) < 4.78 is 35.1. The Labute approximate surface area is 125 Å². The van der Waals surface area contributed by atoms with Crippen molar-refractivity contribution in [1.82, 2.24) is 10.2 Å². The predicted octanol–water partition coefficient (Wildman–Crippen LogP) is -4.13. The van der Waals surface area contributed by atoms with Crippen molar-refractivity contribution in [3.8, 4) is 0 Å². The Hall–Kier alpha value is -1.67. The third kappa shape index (κ3) is 1.80. The largest absolute Gasteiger partial charge is 0.397 e. The number of nitrogens with one attached hydrogen (secondary N) is 1. The van der Waals surface area contributed by atoms with Crippen molar-refractivity contribution in [2.75, 3.05) is 6.54 Å². The summed E-state index contributed by atoms with van der Waals surface area (Å²) in [5.74, 6) is -2.91. The van der Waals surface area contributed by atoms with Gasteiger partial charge in [-0.15, -0.1) is 0 Å². The molecule has 22 heavy (non-hydrogen) atoms. The van der Waals surface area contributed by atoms with Gasteiger partial charge in [-0.25, -0.2) is 14.2 Å². The fraction of sp³-hybridized carbons (Fsp3) is 0.778. The lowest BCUT2D eigenvalue weighted by atomic mass is 9.86. The SMILES string of the molecule is C[C@@H]1N=C(N)N2C[C@@H](OS(=O)(=O)O)C(O)(O)[C@@]23NC(N)=N[C@@H]13. The second-order valence-corrected chi connectivity index (χ2v) is 6.48. The number of guanidine groups is 2. The average Bonchev–Trinajstić information content (AvgIpc) is 2.79. The van der Waals surface area contributed by atoms with E-state index in [0.717, 1.165) is 0 Å². The summed E-state index contributed by atoms with van der Waals surface area (Å²) in [6, 6.07) is -1.39. The number of nitrogens with two attached hydrogens (primary N) is 2. The smallest absolute Gasteiger partial charge is 0.370 e. The van der Waals surface area contributed by atoms with Crippen LogP contribution in [0.3, 0.4) is 0 Å². The number of aliphatic imine (C=N–C) groups is 2. The van der Waals surface area contributed by atoms with Crippen LogP contribution in [-0.4, -0.2) is 76.2 Å². The monoisotopic (exact) mass is 336 g/mol. The minimum absolute atomic E-state index is 0.0601. The van der Waals surface area contributed by atoms with Crippen LogP contribution >= 0.6 is 0 Å². The molecule has 0 radical (unpaired) electrons. The molecule has 0 unspecified atom stereocenters. The van der Waals surface area contributed by atoms with Crippen molar-refractivity contribution in [2.45, 2.75) is 36.6 Å². The van der Waals surface area contributed by atoms with Gasteiger partial charge in [0.25, 0.3) is 0 Å². The molecule has 4 atom stereocenters. The normalized spacial score (nSPS) is 39.6. The molecule has 0 aromatic heterocycles. The maximum atomic E-state index is 10.9. The maximum Gasteiger partial charge on any atom is 0.397 e. The van der Waals surface area contributed by atoms with Crippen molar-refractivity contribution in [3.05, 3.63) is 0 Å². The van der Waals surface area contributed by atoms with Gasteiger partial charge in [0.2, 0.25) is 5.79 Å². The van der Waals surface area contributed by atoms with Gasteiger partial charge in [-0.3, -0.25) is 4.55 Å². The third-order valence-corrected chi connectivity index (χ3v) is 4.59. The zero-order valence-electron chi connectivity index (χ0n) is 11.4. The van der Waals surface area contributed by atoms with Gasteiger partial charge < -0.3 is 31.9 Å². The molecule has 1 saturated heterocycles. The van der Waals surface area contributed by atoms with Gasteiger partial charge in [-0.05, 0) is 6.92 Å². The molecule has 1 spiro atoms. The van der Waals surface area contributed by atoms with E-state index in [1.807, 2.05) is 0 Å². The standard InChI is InChI=1S/C9H16N6O6S/c1-3-5-8(14-6(10)13-5)9(16,17)4(21-22(18,19)20)2-15(8)7(11)12-3/h3-5,16-17H,2H2,1H3,(H2,11,12)(H3,10,13,14)(H,18,19,20)/t3-,4+,5-,8-/m0/s1. The lowest BCUT2D eigenvalue weighted by Gasteiger charge is -2.48. The molecule has 3 aliphatic heterocycles. The quantitative estimate of drug-likeness (QED) is 0.213. The van der Waals surface area contributed by atoms with Crippen LogP contribution in [-0.2, 0) is 14.6 Å². The molecule has 0 aromatic rings. The van der Waals surface area contributed by atoms with Crippen LogP contribution < -0.4 is 16.8 Å². The topological polar surface area (TPSA) is 196 Å². The first-order chi connectivity index (χ1) is 9.99. The van der Waals surface area contributed by atoms with E-state index in [4.69, 9.17) is 16.0 Å². The van der Waals surface area contributed by atoms with E-state index in [1.54, 1.807) is 6.92 Å². The van der Waals surface area contributed by atoms with E-state index >= 15 is 0 Å². The van der Waals surface area contributed by atoms with Gasteiger partial charge in [0, 0.05) is 0 Å². The molecule has 8 N–H and O–H groups in total. The lowest BCUT2D eigenvalue weighted by Crippen LogP contribution is -2.77. The van der Waals surface area contributed by atoms with Gasteiger partial charge in [-0.2, -0.15) is 8.42 Å². The first kappa shape index (κ1) is 15.2. The van der Waals surface area contributed by atoms with Gasteiger partial charge >= 0.3 is 10.4 Å². The fourth-order valence-electron chi connectivity index (χ4n) is 3.29. The van der Waals surface area contributed by atoms with Crippen LogP contribution in [0.2, 0.25) is 0 Å². The molecule has 1 fully saturated rings. The predicted molar refractivity (Wildman–Crippen MR) is 72.7 cm³/mol. The first-order valence-corrected chi connectivity index (χ1v) is 7.68. The van der Waals surface area contributed by atoms with E-state index in [9.17, 15) is 18.6 Å². The third-order valence-electron chi connectivity index (χ3n) is 4.12. The summed E-state index contributed by atoms with van der Waals surface area (Å²) in [4.78, 5) is 9.42. The number of hydrogen-bond acceptors (Lipinski definition) is 11. The molecule has 0 bridgehead atoms. The van der Waals surface area contributed by atoms with E-state index in [0.29, 0.717) is 0 Å². The van der Waals surface area contributed by atoms with Gasteiger partial charge in [-0.1, -0.05) is 0 Å². The highest BCUT2D eigenvalue weighted by Gasteiger charge is 2.73. The second-order valence-electron chi connectivity index (χ2n) is 5.43. The molecule has 0 aliphatic carbocycles. The highest BCUT2D eigenvalue weighted by atomic mass is 32.3. The molecule has 13 heteroatoms. The summed E-state index contributed by atoms with van der Waals surface area (Å²) in [6.07, 6.45) is -1.72. The summed E-state index contributed by atoms with van der Waals surface area (Å²) >= 11 is 0. The molecular formula is C9H16N6O6S. The Morgan fingerprint density at radius 1 is 1.41 bits per heavy atom.